The second-order valence-corrected chi connectivity index (χ2v) is 7.90. The molecule has 0 unspecified atom stereocenters. The fourth-order valence-corrected chi connectivity index (χ4v) is 3.90. The van der Waals surface area contributed by atoms with E-state index in [-0.39, 0.29) is 5.82 Å². The van der Waals surface area contributed by atoms with Crippen LogP contribution in [0, 0.1) is 5.82 Å². The molecule has 3 aromatic rings. The van der Waals surface area contributed by atoms with Crippen LogP contribution in [0.4, 0.5) is 4.39 Å². The van der Waals surface area contributed by atoms with Crippen molar-refractivity contribution >= 4 is 0 Å². The van der Waals surface area contributed by atoms with Crippen LogP contribution in [0.25, 0.3) is 0 Å². The highest BCUT2D eigenvalue weighted by atomic mass is 19.1. The number of rotatable bonds is 8. The summed E-state index contributed by atoms with van der Waals surface area (Å²) in [5.74, 6) is 1.39. The summed E-state index contributed by atoms with van der Waals surface area (Å²) in [7, 11) is 1.67. The molecule has 0 saturated carbocycles. The fraction of sp³-hybridized carbons (Fsp3) is 0.308. The van der Waals surface area contributed by atoms with Crippen LogP contribution in [0.1, 0.15) is 16.7 Å². The number of methoxy groups -OCH3 is 1. The predicted molar refractivity (Wildman–Crippen MR) is 121 cm³/mol. The predicted octanol–water partition coefficient (Wildman–Crippen LogP) is 4.73. The Morgan fingerprint density at radius 3 is 2.13 bits per heavy atom. The minimum Gasteiger partial charge on any atom is -0.493 e. The van der Waals surface area contributed by atoms with Crippen LogP contribution < -0.4 is 9.47 Å². The van der Waals surface area contributed by atoms with Crippen molar-refractivity contribution in [2.24, 2.45) is 0 Å². The van der Waals surface area contributed by atoms with Crippen molar-refractivity contribution in [1.29, 1.82) is 0 Å². The van der Waals surface area contributed by atoms with Gasteiger partial charge in [-0.3, -0.25) is 9.80 Å². The Labute approximate surface area is 183 Å². The van der Waals surface area contributed by atoms with E-state index in [1.165, 1.54) is 11.6 Å². The van der Waals surface area contributed by atoms with Crippen LogP contribution in [-0.4, -0.2) is 43.1 Å². The molecule has 0 radical (unpaired) electrons. The third-order valence-corrected chi connectivity index (χ3v) is 5.69. The van der Waals surface area contributed by atoms with Gasteiger partial charge in [0.1, 0.15) is 12.4 Å². The number of piperazine rings is 1. The largest absolute Gasteiger partial charge is 0.493 e. The Morgan fingerprint density at radius 2 is 1.42 bits per heavy atom. The first kappa shape index (κ1) is 21.3. The van der Waals surface area contributed by atoms with E-state index in [0.29, 0.717) is 13.2 Å². The van der Waals surface area contributed by atoms with Crippen molar-refractivity contribution in [1.82, 2.24) is 9.80 Å². The number of ether oxygens (including phenoxy) is 2. The van der Waals surface area contributed by atoms with Gasteiger partial charge >= 0.3 is 0 Å². The first-order valence-electron chi connectivity index (χ1n) is 10.7. The molecule has 3 aromatic carbocycles. The van der Waals surface area contributed by atoms with Crippen LogP contribution in [0.15, 0.2) is 72.8 Å². The molecule has 5 heteroatoms. The summed E-state index contributed by atoms with van der Waals surface area (Å²) in [6.07, 6.45) is 0. The van der Waals surface area contributed by atoms with Crippen molar-refractivity contribution in [2.75, 3.05) is 33.3 Å². The lowest BCUT2D eigenvalue weighted by atomic mass is 10.1. The minimum absolute atomic E-state index is 0.119. The van der Waals surface area contributed by atoms with Gasteiger partial charge in [0.15, 0.2) is 11.5 Å². The second-order valence-electron chi connectivity index (χ2n) is 7.90. The normalized spacial score (nSPS) is 15.0. The van der Waals surface area contributed by atoms with E-state index >= 15 is 0 Å². The molecule has 1 saturated heterocycles. The maximum Gasteiger partial charge on any atom is 0.161 e. The molecule has 0 bridgehead atoms. The number of halogens is 1. The Hall–Kier alpha value is -2.89. The van der Waals surface area contributed by atoms with E-state index in [0.717, 1.165) is 55.3 Å². The fourth-order valence-electron chi connectivity index (χ4n) is 3.90. The molecule has 0 aliphatic carbocycles. The molecule has 0 N–H and O–H groups in total. The van der Waals surface area contributed by atoms with Gasteiger partial charge in [0.25, 0.3) is 0 Å². The lowest BCUT2D eigenvalue weighted by molar-refractivity contribution is 0.121. The van der Waals surface area contributed by atoms with Crippen LogP contribution in [0.5, 0.6) is 11.5 Å². The van der Waals surface area contributed by atoms with Gasteiger partial charge in [-0.15, -0.1) is 0 Å². The Bertz CT molecular complexity index is 972. The van der Waals surface area contributed by atoms with Crippen LogP contribution in [0.3, 0.4) is 0 Å². The van der Waals surface area contributed by atoms with E-state index < -0.39 is 0 Å². The maximum absolute atomic E-state index is 13.9. The topological polar surface area (TPSA) is 24.9 Å². The Kier molecular flexibility index (Phi) is 7.18. The standard InChI is InChI=1S/C26H29FN2O2/c1-30-25-12-11-22(17-26(25)31-20-21-7-3-2-4-8-21)18-28-13-15-29(16-14-28)19-23-9-5-6-10-24(23)27/h2-12,17H,13-16,18-20H2,1H3. The summed E-state index contributed by atoms with van der Waals surface area (Å²) in [5, 5.41) is 0. The van der Waals surface area contributed by atoms with Crippen molar-refractivity contribution in [3.8, 4) is 11.5 Å². The zero-order valence-electron chi connectivity index (χ0n) is 18.0. The molecule has 4 rings (SSSR count). The van der Waals surface area contributed by atoms with Crippen molar-refractivity contribution < 1.29 is 13.9 Å². The molecule has 1 aliphatic rings. The van der Waals surface area contributed by atoms with E-state index in [1.807, 2.05) is 36.4 Å². The highest BCUT2D eigenvalue weighted by molar-refractivity contribution is 5.43. The monoisotopic (exact) mass is 420 g/mol. The molecule has 162 valence electrons. The second kappa shape index (κ2) is 10.4. The third-order valence-electron chi connectivity index (χ3n) is 5.69. The smallest absolute Gasteiger partial charge is 0.161 e. The first-order valence-corrected chi connectivity index (χ1v) is 10.7. The molecule has 1 aliphatic heterocycles. The van der Waals surface area contributed by atoms with E-state index in [2.05, 4.69) is 34.1 Å². The lowest BCUT2D eigenvalue weighted by Crippen LogP contribution is -2.45. The van der Waals surface area contributed by atoms with Gasteiger partial charge in [-0.05, 0) is 29.3 Å². The van der Waals surface area contributed by atoms with Crippen molar-refractivity contribution in [3.63, 3.8) is 0 Å². The Balaban J connectivity index is 1.32. The highest BCUT2D eigenvalue weighted by Crippen LogP contribution is 2.29. The summed E-state index contributed by atoms with van der Waals surface area (Å²) >= 11 is 0. The molecule has 4 nitrogen and oxygen atoms in total. The quantitative estimate of drug-likeness (QED) is 0.526. The SMILES string of the molecule is COc1ccc(CN2CCN(Cc3ccccc3F)CC2)cc1OCc1ccccc1. The summed E-state index contributed by atoms with van der Waals surface area (Å²) in [5.41, 5.74) is 3.10. The third kappa shape index (κ3) is 5.84. The average Bonchev–Trinajstić information content (AvgIpc) is 2.81. The Morgan fingerprint density at radius 1 is 0.742 bits per heavy atom. The zero-order chi connectivity index (χ0) is 21.5. The summed E-state index contributed by atoms with van der Waals surface area (Å²) < 4.78 is 25.5. The van der Waals surface area contributed by atoms with Crippen molar-refractivity contribution in [2.45, 2.75) is 19.7 Å². The van der Waals surface area contributed by atoms with Crippen LogP contribution in [0.2, 0.25) is 0 Å². The summed E-state index contributed by atoms with van der Waals surface area (Å²) in [6, 6.07) is 23.3. The van der Waals surface area contributed by atoms with Gasteiger partial charge in [0.2, 0.25) is 0 Å². The van der Waals surface area contributed by atoms with Gasteiger partial charge in [-0.2, -0.15) is 0 Å². The van der Waals surface area contributed by atoms with E-state index in [4.69, 9.17) is 9.47 Å². The molecule has 0 aromatic heterocycles. The first-order chi connectivity index (χ1) is 15.2. The minimum atomic E-state index is -0.119. The number of hydrogen-bond acceptors (Lipinski definition) is 4. The van der Waals surface area contributed by atoms with Gasteiger partial charge in [-0.1, -0.05) is 54.6 Å². The lowest BCUT2D eigenvalue weighted by Gasteiger charge is -2.34. The summed E-state index contributed by atoms with van der Waals surface area (Å²) in [4.78, 5) is 4.75. The molecule has 31 heavy (non-hydrogen) atoms. The molecule has 0 amide bonds. The molecule has 0 atom stereocenters. The number of hydrogen-bond donors (Lipinski definition) is 0. The molecular formula is C26H29FN2O2. The van der Waals surface area contributed by atoms with E-state index in [1.54, 1.807) is 13.2 Å². The molecule has 1 heterocycles. The number of nitrogens with zero attached hydrogens (tertiary/aromatic N) is 2. The summed E-state index contributed by atoms with van der Waals surface area (Å²) in [6.45, 7) is 5.82. The van der Waals surface area contributed by atoms with Crippen LogP contribution in [-0.2, 0) is 19.7 Å². The van der Waals surface area contributed by atoms with Gasteiger partial charge in [0, 0.05) is 44.8 Å². The van der Waals surface area contributed by atoms with Crippen LogP contribution >= 0.6 is 0 Å². The van der Waals surface area contributed by atoms with E-state index in [9.17, 15) is 4.39 Å². The molecular weight excluding hydrogens is 391 g/mol. The van der Waals surface area contributed by atoms with Gasteiger partial charge in [-0.25, -0.2) is 4.39 Å². The van der Waals surface area contributed by atoms with Gasteiger partial charge < -0.3 is 9.47 Å². The van der Waals surface area contributed by atoms with Gasteiger partial charge in [0.05, 0.1) is 7.11 Å². The average molecular weight is 421 g/mol. The zero-order valence-corrected chi connectivity index (χ0v) is 18.0. The molecule has 1 fully saturated rings. The highest BCUT2D eigenvalue weighted by Gasteiger charge is 2.18. The van der Waals surface area contributed by atoms with Crippen molar-refractivity contribution in [3.05, 3.63) is 95.3 Å². The molecule has 0 spiro atoms. The number of benzene rings is 3. The maximum atomic E-state index is 13.9.